The van der Waals surface area contributed by atoms with E-state index in [1.807, 2.05) is 13.8 Å². The number of carbonyl (C=O) groups is 1. The third kappa shape index (κ3) is 4.55. The molecule has 0 aliphatic carbocycles. The van der Waals surface area contributed by atoms with Crippen LogP contribution in [0, 0.1) is 5.92 Å². The number of sulfonamides is 1. The van der Waals surface area contributed by atoms with Gasteiger partial charge in [0, 0.05) is 33.2 Å². The van der Waals surface area contributed by atoms with E-state index in [0.717, 1.165) is 17.4 Å². The first-order valence-corrected chi connectivity index (χ1v) is 7.86. The Hall–Kier alpha value is -0.660. The molecule has 106 valence electrons. The number of amides is 1. The van der Waals surface area contributed by atoms with Crippen molar-refractivity contribution in [3.63, 3.8) is 0 Å². The maximum absolute atomic E-state index is 11.9. The number of hydrogen-bond acceptors (Lipinski definition) is 4. The van der Waals surface area contributed by atoms with Crippen LogP contribution in [0.1, 0.15) is 13.8 Å². The van der Waals surface area contributed by atoms with Crippen molar-refractivity contribution in [3.05, 3.63) is 0 Å². The number of carbonyl (C=O) groups excluding carboxylic acids is 1. The highest BCUT2D eigenvalue weighted by Gasteiger charge is 2.24. The van der Waals surface area contributed by atoms with E-state index < -0.39 is 10.0 Å². The number of rotatable bonds is 5. The van der Waals surface area contributed by atoms with Gasteiger partial charge in [-0.15, -0.1) is 0 Å². The van der Waals surface area contributed by atoms with Crippen LogP contribution in [-0.2, 0) is 14.8 Å². The summed E-state index contributed by atoms with van der Waals surface area (Å²) in [4.78, 5) is 13.6. The maximum Gasteiger partial charge on any atom is 0.237 e. The summed E-state index contributed by atoms with van der Waals surface area (Å²) >= 11 is 0. The highest BCUT2D eigenvalue weighted by Crippen LogP contribution is 2.06. The van der Waals surface area contributed by atoms with Crippen LogP contribution in [0.3, 0.4) is 0 Å². The summed E-state index contributed by atoms with van der Waals surface area (Å²) in [5.74, 6) is 0.0243. The highest BCUT2D eigenvalue weighted by molar-refractivity contribution is 7.89. The van der Waals surface area contributed by atoms with Crippen LogP contribution in [0.5, 0.6) is 0 Å². The molecule has 7 heteroatoms. The van der Waals surface area contributed by atoms with E-state index in [2.05, 4.69) is 5.32 Å². The average Bonchev–Trinajstić information content (AvgIpc) is 2.28. The van der Waals surface area contributed by atoms with Crippen LogP contribution in [0.2, 0.25) is 0 Å². The Labute approximate surface area is 109 Å². The molecular formula is C11H23N3O3S. The first-order chi connectivity index (χ1) is 8.33. The molecule has 0 saturated carbocycles. The van der Waals surface area contributed by atoms with Gasteiger partial charge in [-0.3, -0.25) is 4.79 Å². The molecule has 0 atom stereocenters. The molecule has 0 radical (unpaired) electrons. The van der Waals surface area contributed by atoms with Gasteiger partial charge in [0.2, 0.25) is 15.9 Å². The lowest BCUT2D eigenvalue weighted by atomic mass is 10.3. The summed E-state index contributed by atoms with van der Waals surface area (Å²) in [5.41, 5.74) is 0. The summed E-state index contributed by atoms with van der Waals surface area (Å²) in [6.45, 7) is 6.48. The normalized spacial score (nSPS) is 17.5. The highest BCUT2D eigenvalue weighted by atomic mass is 32.2. The van der Waals surface area contributed by atoms with Gasteiger partial charge in [-0.1, -0.05) is 13.8 Å². The van der Waals surface area contributed by atoms with Crippen LogP contribution in [0.4, 0.5) is 0 Å². The summed E-state index contributed by atoms with van der Waals surface area (Å²) in [7, 11) is -1.85. The van der Waals surface area contributed by atoms with Crippen LogP contribution >= 0.6 is 0 Å². The van der Waals surface area contributed by atoms with E-state index in [4.69, 9.17) is 0 Å². The monoisotopic (exact) mass is 277 g/mol. The molecule has 0 aromatic carbocycles. The van der Waals surface area contributed by atoms with E-state index >= 15 is 0 Å². The van der Waals surface area contributed by atoms with Gasteiger partial charge < -0.3 is 10.2 Å². The van der Waals surface area contributed by atoms with Crippen molar-refractivity contribution in [3.8, 4) is 0 Å². The third-order valence-electron chi connectivity index (χ3n) is 2.85. The van der Waals surface area contributed by atoms with Crippen molar-refractivity contribution in [2.24, 2.45) is 5.92 Å². The van der Waals surface area contributed by atoms with Crippen LogP contribution in [-0.4, -0.2) is 69.1 Å². The standard InChI is InChI=1S/C11H23N3O3S/c1-10(2)9-18(16,17)13(3)8-11(15)14-6-4-12-5-7-14/h10,12H,4-9H2,1-3H3. The summed E-state index contributed by atoms with van der Waals surface area (Å²) < 4.78 is 25.0. The van der Waals surface area contributed by atoms with Gasteiger partial charge in [0.25, 0.3) is 0 Å². The first kappa shape index (κ1) is 15.4. The van der Waals surface area contributed by atoms with E-state index in [-0.39, 0.29) is 24.1 Å². The smallest absolute Gasteiger partial charge is 0.237 e. The zero-order chi connectivity index (χ0) is 13.8. The number of likely N-dealkylation sites (N-methyl/N-ethyl adjacent to an activating group) is 1. The van der Waals surface area contributed by atoms with E-state index in [1.54, 1.807) is 4.90 Å². The minimum atomic E-state index is -3.32. The fourth-order valence-corrected chi connectivity index (χ4v) is 3.26. The summed E-state index contributed by atoms with van der Waals surface area (Å²) in [5, 5.41) is 3.15. The Morgan fingerprint density at radius 2 is 1.89 bits per heavy atom. The number of nitrogens with one attached hydrogen (secondary N) is 1. The molecule has 1 aliphatic rings. The Morgan fingerprint density at radius 1 is 1.33 bits per heavy atom. The van der Waals surface area contributed by atoms with Crippen molar-refractivity contribution in [2.45, 2.75) is 13.8 Å². The molecule has 0 bridgehead atoms. The third-order valence-corrected chi connectivity index (χ3v) is 5.01. The zero-order valence-electron chi connectivity index (χ0n) is 11.3. The van der Waals surface area contributed by atoms with Crippen LogP contribution in [0.15, 0.2) is 0 Å². The van der Waals surface area contributed by atoms with Gasteiger partial charge in [-0.25, -0.2) is 8.42 Å². The molecule has 0 aromatic heterocycles. The maximum atomic E-state index is 11.9. The largest absolute Gasteiger partial charge is 0.339 e. The number of piperazine rings is 1. The van der Waals surface area contributed by atoms with Gasteiger partial charge >= 0.3 is 0 Å². The van der Waals surface area contributed by atoms with E-state index in [9.17, 15) is 13.2 Å². The van der Waals surface area contributed by atoms with Crippen molar-refractivity contribution in [1.29, 1.82) is 0 Å². The van der Waals surface area contributed by atoms with Crippen molar-refractivity contribution < 1.29 is 13.2 Å². The van der Waals surface area contributed by atoms with E-state index in [1.165, 1.54) is 7.05 Å². The minimum absolute atomic E-state index is 0.0605. The Balaban J connectivity index is 2.52. The minimum Gasteiger partial charge on any atom is -0.339 e. The fraction of sp³-hybridized carbons (Fsp3) is 0.909. The molecule has 6 nitrogen and oxygen atoms in total. The molecule has 1 aliphatic heterocycles. The Kier molecular flexibility index (Phi) is 5.55. The first-order valence-electron chi connectivity index (χ1n) is 6.25. The quantitative estimate of drug-likeness (QED) is 0.724. The lowest BCUT2D eigenvalue weighted by Gasteiger charge is -2.29. The molecule has 1 amide bonds. The summed E-state index contributed by atoms with van der Waals surface area (Å²) in [6, 6.07) is 0. The fourth-order valence-electron chi connectivity index (χ4n) is 1.85. The van der Waals surface area contributed by atoms with Crippen LogP contribution < -0.4 is 5.32 Å². The Bertz CT molecular complexity index is 375. The zero-order valence-corrected chi connectivity index (χ0v) is 12.2. The van der Waals surface area contributed by atoms with Crippen molar-refractivity contribution in [1.82, 2.24) is 14.5 Å². The topological polar surface area (TPSA) is 69.7 Å². The second-order valence-electron chi connectivity index (χ2n) is 5.06. The molecule has 1 heterocycles. The van der Waals surface area contributed by atoms with Gasteiger partial charge in [-0.05, 0) is 5.92 Å². The molecule has 1 saturated heterocycles. The van der Waals surface area contributed by atoms with Gasteiger partial charge in [0.05, 0.1) is 12.3 Å². The van der Waals surface area contributed by atoms with Gasteiger partial charge in [0.15, 0.2) is 0 Å². The molecule has 1 rings (SSSR count). The van der Waals surface area contributed by atoms with Gasteiger partial charge in [-0.2, -0.15) is 4.31 Å². The summed E-state index contributed by atoms with van der Waals surface area (Å²) in [6.07, 6.45) is 0. The Morgan fingerprint density at radius 3 is 2.39 bits per heavy atom. The average molecular weight is 277 g/mol. The van der Waals surface area contributed by atoms with Crippen LogP contribution in [0.25, 0.3) is 0 Å². The molecule has 0 unspecified atom stereocenters. The molecule has 18 heavy (non-hydrogen) atoms. The molecular weight excluding hydrogens is 254 g/mol. The molecule has 0 spiro atoms. The number of nitrogens with zero attached hydrogens (tertiary/aromatic N) is 2. The lowest BCUT2D eigenvalue weighted by molar-refractivity contribution is -0.131. The second kappa shape index (κ2) is 6.49. The second-order valence-corrected chi connectivity index (χ2v) is 7.18. The lowest BCUT2D eigenvalue weighted by Crippen LogP contribution is -2.50. The SMILES string of the molecule is CC(C)CS(=O)(=O)N(C)CC(=O)N1CCNCC1. The molecule has 1 N–H and O–H groups in total. The van der Waals surface area contributed by atoms with Crippen molar-refractivity contribution in [2.75, 3.05) is 45.5 Å². The molecule has 0 aromatic rings. The molecule has 1 fully saturated rings. The number of hydrogen-bond donors (Lipinski definition) is 1. The predicted octanol–water partition coefficient (Wildman–Crippen LogP) is -0.664. The van der Waals surface area contributed by atoms with Gasteiger partial charge in [0.1, 0.15) is 0 Å². The van der Waals surface area contributed by atoms with Crippen molar-refractivity contribution >= 4 is 15.9 Å². The van der Waals surface area contributed by atoms with E-state index in [0.29, 0.717) is 13.1 Å². The predicted molar refractivity (Wildman–Crippen MR) is 70.7 cm³/mol.